The molecule has 3 aromatic carbocycles. The van der Waals surface area contributed by atoms with Crippen LogP contribution in [0.25, 0.3) is 28.1 Å². The molecule has 0 aliphatic heterocycles. The lowest BCUT2D eigenvalue weighted by atomic mass is 10.0. The van der Waals surface area contributed by atoms with Gasteiger partial charge in [0.25, 0.3) is 0 Å². The summed E-state index contributed by atoms with van der Waals surface area (Å²) < 4.78 is 1.95. The molecule has 2 nitrogen and oxygen atoms in total. The van der Waals surface area contributed by atoms with Gasteiger partial charge in [-0.1, -0.05) is 83.5 Å². The molecule has 0 aliphatic carbocycles. The van der Waals surface area contributed by atoms with Crippen LogP contribution >= 0.6 is 0 Å². The molecule has 1 heterocycles. The number of nitrogens with zero attached hydrogens (tertiary/aromatic N) is 2. The van der Waals surface area contributed by atoms with Crippen LogP contribution in [0.15, 0.2) is 103 Å². The van der Waals surface area contributed by atoms with Gasteiger partial charge in [-0.15, -0.1) is 0 Å². The molecule has 4 rings (SSSR count). The van der Waals surface area contributed by atoms with Crippen molar-refractivity contribution in [3.05, 3.63) is 103 Å². The average Bonchev–Trinajstić information content (AvgIpc) is 2.70. The van der Waals surface area contributed by atoms with Gasteiger partial charge in [-0.05, 0) is 11.6 Å². The zero-order valence-electron chi connectivity index (χ0n) is 13.6. The number of benzene rings is 3. The molecule has 0 unspecified atom stereocenters. The summed E-state index contributed by atoms with van der Waals surface area (Å²) >= 11 is 0. The van der Waals surface area contributed by atoms with E-state index in [0.29, 0.717) is 0 Å². The van der Waals surface area contributed by atoms with Gasteiger partial charge in [0, 0.05) is 22.8 Å². The fraction of sp³-hybridized carbons (Fsp3) is 0. The van der Waals surface area contributed by atoms with Crippen LogP contribution in [-0.4, -0.2) is 5.10 Å². The van der Waals surface area contributed by atoms with Crippen LogP contribution in [0.4, 0.5) is 0 Å². The molecule has 3 heteroatoms. The van der Waals surface area contributed by atoms with Gasteiger partial charge in [-0.25, -0.2) is 0 Å². The zero-order chi connectivity index (χ0) is 16.2. The van der Waals surface area contributed by atoms with Crippen LogP contribution in [0.2, 0.25) is 0 Å². The molecule has 0 atom stereocenters. The highest BCUT2D eigenvalue weighted by molar-refractivity contribution is 5.68. The molecular weight excluding hydrogens is 372 g/mol. The van der Waals surface area contributed by atoms with Crippen molar-refractivity contribution in [2.24, 2.45) is 0 Å². The molecule has 0 aliphatic rings. The van der Waals surface area contributed by atoms with Gasteiger partial charge in [0.15, 0.2) is 0 Å². The van der Waals surface area contributed by atoms with Crippen molar-refractivity contribution >= 4 is 0 Å². The van der Waals surface area contributed by atoms with E-state index in [1.54, 1.807) is 0 Å². The fourth-order valence-electron chi connectivity index (χ4n) is 2.74. The van der Waals surface area contributed by atoms with Crippen LogP contribution < -0.4 is 21.7 Å². The zero-order valence-corrected chi connectivity index (χ0v) is 15.2. The Labute approximate surface area is 158 Å². The van der Waals surface area contributed by atoms with Crippen LogP contribution in [0.3, 0.4) is 0 Å². The van der Waals surface area contributed by atoms with Crippen molar-refractivity contribution in [1.82, 2.24) is 5.10 Å². The summed E-state index contributed by atoms with van der Waals surface area (Å²) in [6.45, 7) is 0. The normalized spacial score (nSPS) is 10.1. The first-order valence-corrected chi connectivity index (χ1v) is 8.00. The Morgan fingerprint density at radius 1 is 0.560 bits per heavy atom. The van der Waals surface area contributed by atoms with Gasteiger partial charge in [0.2, 0.25) is 11.9 Å². The predicted molar refractivity (Wildman–Crippen MR) is 96.6 cm³/mol. The van der Waals surface area contributed by atoms with Gasteiger partial charge in [0.05, 0.1) is 5.56 Å². The van der Waals surface area contributed by atoms with E-state index in [1.807, 2.05) is 47.1 Å². The van der Waals surface area contributed by atoms with Gasteiger partial charge in [-0.3, -0.25) is 0 Å². The molecule has 0 bridgehead atoms. The summed E-state index contributed by atoms with van der Waals surface area (Å²) in [5, 5.41) is 4.82. The lowest BCUT2D eigenvalue weighted by Gasteiger charge is -2.04. The van der Waals surface area contributed by atoms with Crippen molar-refractivity contribution in [2.45, 2.75) is 0 Å². The SMILES string of the molecule is [Br-].c1ccc(-c2cc(-c3ccccc3)n[n+](-c3ccccc3)c2)cc1. The van der Waals surface area contributed by atoms with Crippen LogP contribution in [0, 0.1) is 0 Å². The summed E-state index contributed by atoms with van der Waals surface area (Å²) in [6.07, 6.45) is 2.08. The summed E-state index contributed by atoms with van der Waals surface area (Å²) in [4.78, 5) is 0. The minimum atomic E-state index is 0. The van der Waals surface area contributed by atoms with Gasteiger partial charge in [0.1, 0.15) is 5.69 Å². The van der Waals surface area contributed by atoms with Crippen molar-refractivity contribution in [3.8, 4) is 28.1 Å². The minimum absolute atomic E-state index is 0. The number of para-hydroxylation sites is 1. The molecule has 4 aromatic rings. The molecule has 0 radical (unpaired) electrons. The Morgan fingerprint density at radius 2 is 1.08 bits per heavy atom. The van der Waals surface area contributed by atoms with Gasteiger partial charge >= 0.3 is 0 Å². The van der Waals surface area contributed by atoms with E-state index < -0.39 is 0 Å². The number of hydrogen-bond donors (Lipinski definition) is 0. The maximum atomic E-state index is 4.82. The Bertz CT molecular complexity index is 800. The van der Waals surface area contributed by atoms with Crippen LogP contribution in [-0.2, 0) is 0 Å². The first-order valence-electron chi connectivity index (χ1n) is 8.00. The number of halogens is 1. The van der Waals surface area contributed by atoms with E-state index in [2.05, 4.69) is 60.8 Å². The Morgan fingerprint density at radius 3 is 1.68 bits per heavy atom. The van der Waals surface area contributed by atoms with E-state index in [-0.39, 0.29) is 17.0 Å². The third kappa shape index (κ3) is 3.83. The molecule has 0 saturated carbocycles. The van der Waals surface area contributed by atoms with Crippen LogP contribution in [0.1, 0.15) is 0 Å². The third-order valence-electron chi connectivity index (χ3n) is 3.97. The van der Waals surface area contributed by atoms with Gasteiger partial charge < -0.3 is 17.0 Å². The number of hydrogen-bond acceptors (Lipinski definition) is 1. The summed E-state index contributed by atoms with van der Waals surface area (Å²) in [7, 11) is 0. The molecule has 122 valence electrons. The quantitative estimate of drug-likeness (QED) is 0.488. The standard InChI is InChI=1S/C22H17N2.BrH/c1-4-10-18(11-5-1)20-16-22(19-12-6-2-7-13-19)23-24(17-20)21-14-8-3-9-15-21;/h1-17H;1H/q+1;/p-1. The molecule has 25 heavy (non-hydrogen) atoms. The minimum Gasteiger partial charge on any atom is -1.00 e. The van der Waals surface area contributed by atoms with Crippen molar-refractivity contribution in [3.63, 3.8) is 0 Å². The van der Waals surface area contributed by atoms with Crippen LogP contribution in [0.5, 0.6) is 0 Å². The molecule has 0 fully saturated rings. The number of aromatic nitrogens is 2. The highest BCUT2D eigenvalue weighted by Gasteiger charge is 2.14. The molecule has 0 spiro atoms. The molecule has 0 amide bonds. The lowest BCUT2D eigenvalue weighted by Crippen LogP contribution is -3.00. The first-order chi connectivity index (χ1) is 11.9. The molecular formula is C22H17BrN2. The Hall–Kier alpha value is -2.78. The second-order valence-corrected chi connectivity index (χ2v) is 5.63. The van der Waals surface area contributed by atoms with E-state index in [1.165, 1.54) is 5.56 Å². The second-order valence-electron chi connectivity index (χ2n) is 5.63. The smallest absolute Gasteiger partial charge is 0.238 e. The largest absolute Gasteiger partial charge is 1.00 e. The highest BCUT2D eigenvalue weighted by atomic mass is 79.9. The van der Waals surface area contributed by atoms with Crippen molar-refractivity contribution in [1.29, 1.82) is 0 Å². The summed E-state index contributed by atoms with van der Waals surface area (Å²) in [6, 6.07) is 33.0. The van der Waals surface area contributed by atoms with E-state index in [9.17, 15) is 0 Å². The maximum Gasteiger partial charge on any atom is 0.238 e. The molecule has 1 aromatic heterocycles. The number of rotatable bonds is 3. The topological polar surface area (TPSA) is 16.8 Å². The first kappa shape index (κ1) is 17.1. The Kier molecular flexibility index (Phi) is 5.36. The predicted octanol–water partition coefficient (Wildman–Crippen LogP) is 1.70. The van der Waals surface area contributed by atoms with E-state index in [4.69, 9.17) is 5.10 Å². The van der Waals surface area contributed by atoms with Gasteiger partial charge in [-0.2, -0.15) is 0 Å². The third-order valence-corrected chi connectivity index (χ3v) is 3.97. The second kappa shape index (κ2) is 7.86. The Balaban J connectivity index is 0.00000182. The summed E-state index contributed by atoms with van der Waals surface area (Å²) in [5.41, 5.74) is 5.45. The summed E-state index contributed by atoms with van der Waals surface area (Å²) in [5.74, 6) is 0. The highest BCUT2D eigenvalue weighted by Crippen LogP contribution is 2.23. The maximum absolute atomic E-state index is 4.82. The van der Waals surface area contributed by atoms with E-state index >= 15 is 0 Å². The fourth-order valence-corrected chi connectivity index (χ4v) is 2.74. The van der Waals surface area contributed by atoms with E-state index in [0.717, 1.165) is 22.5 Å². The molecule has 0 N–H and O–H groups in total. The van der Waals surface area contributed by atoms with Crippen molar-refractivity contribution < 1.29 is 21.7 Å². The average molecular weight is 389 g/mol. The lowest BCUT2D eigenvalue weighted by molar-refractivity contribution is -0.658. The van der Waals surface area contributed by atoms with Crippen molar-refractivity contribution in [2.75, 3.05) is 0 Å². The molecule has 0 saturated heterocycles. The monoisotopic (exact) mass is 388 g/mol.